The van der Waals surface area contributed by atoms with Crippen molar-refractivity contribution in [1.82, 2.24) is 9.88 Å². The summed E-state index contributed by atoms with van der Waals surface area (Å²) in [5, 5.41) is 3.29. The van der Waals surface area contributed by atoms with Gasteiger partial charge in [-0.2, -0.15) is 0 Å². The van der Waals surface area contributed by atoms with Gasteiger partial charge < -0.3 is 5.32 Å². The Kier molecular flexibility index (Phi) is 4.70. The summed E-state index contributed by atoms with van der Waals surface area (Å²) < 4.78 is 0.986. The zero-order chi connectivity index (χ0) is 20.9. The summed E-state index contributed by atoms with van der Waals surface area (Å²) in [5.41, 5.74) is 3.68. The van der Waals surface area contributed by atoms with Gasteiger partial charge in [-0.25, -0.2) is 4.98 Å². The normalized spacial score (nSPS) is 14.6. The van der Waals surface area contributed by atoms with Crippen LogP contribution in [0.15, 0.2) is 36.4 Å². The third-order valence-corrected chi connectivity index (χ3v) is 5.98. The van der Waals surface area contributed by atoms with Gasteiger partial charge >= 0.3 is 0 Å². The maximum Gasteiger partial charge on any atom is 0.262 e. The molecular weight excluding hydrogens is 386 g/mol. The Balaban J connectivity index is 1.65. The van der Waals surface area contributed by atoms with E-state index in [4.69, 9.17) is 0 Å². The molecule has 6 nitrogen and oxygen atoms in total. The van der Waals surface area contributed by atoms with Crippen LogP contribution in [-0.4, -0.2) is 33.6 Å². The molecule has 0 spiro atoms. The number of imide groups is 1. The first-order valence-electron chi connectivity index (χ1n) is 9.43. The fraction of sp³-hybridized carbons (Fsp3) is 0.273. The Hall–Kier alpha value is -3.06. The second kappa shape index (κ2) is 7.08. The van der Waals surface area contributed by atoms with Crippen LogP contribution in [0, 0.1) is 19.8 Å². The van der Waals surface area contributed by atoms with Crippen molar-refractivity contribution in [3.05, 3.63) is 58.7 Å². The average molecular weight is 407 g/mol. The highest BCUT2D eigenvalue weighted by Gasteiger charge is 2.44. The van der Waals surface area contributed by atoms with Gasteiger partial charge in [-0.15, -0.1) is 0 Å². The zero-order valence-corrected chi connectivity index (χ0v) is 17.5. The lowest BCUT2D eigenvalue weighted by atomic mass is 10.0. The van der Waals surface area contributed by atoms with Crippen LogP contribution < -0.4 is 5.32 Å². The van der Waals surface area contributed by atoms with E-state index >= 15 is 0 Å². The number of aryl methyl sites for hydroxylation is 2. The van der Waals surface area contributed by atoms with E-state index < -0.39 is 23.8 Å². The molecule has 0 saturated heterocycles. The number of nitrogens with zero attached hydrogens (tertiary/aromatic N) is 2. The second-order valence-corrected chi connectivity index (χ2v) is 8.68. The van der Waals surface area contributed by atoms with Crippen molar-refractivity contribution >= 4 is 44.4 Å². The first-order chi connectivity index (χ1) is 13.8. The Morgan fingerprint density at radius 3 is 2.28 bits per heavy atom. The Bertz CT molecular complexity index is 1130. The van der Waals surface area contributed by atoms with Gasteiger partial charge in [-0.1, -0.05) is 43.4 Å². The van der Waals surface area contributed by atoms with Gasteiger partial charge in [-0.3, -0.25) is 19.3 Å². The Morgan fingerprint density at radius 1 is 1.07 bits per heavy atom. The molecule has 29 heavy (non-hydrogen) atoms. The Labute approximate surface area is 172 Å². The minimum atomic E-state index is -0.919. The van der Waals surface area contributed by atoms with Crippen molar-refractivity contribution in [2.24, 2.45) is 5.92 Å². The van der Waals surface area contributed by atoms with Crippen LogP contribution in [0.25, 0.3) is 10.2 Å². The molecule has 1 N–H and O–H groups in total. The van der Waals surface area contributed by atoms with Crippen LogP contribution in [0.2, 0.25) is 0 Å². The van der Waals surface area contributed by atoms with E-state index in [0.29, 0.717) is 16.3 Å². The number of aromatic nitrogens is 1. The molecule has 0 radical (unpaired) electrons. The number of thiazole rings is 1. The molecule has 2 aromatic carbocycles. The number of nitrogens with one attached hydrogen (secondary N) is 1. The predicted molar refractivity (Wildman–Crippen MR) is 113 cm³/mol. The number of amides is 3. The molecule has 0 saturated carbocycles. The number of carbonyl (C=O) groups excluding carboxylic acids is 3. The number of rotatable bonds is 4. The molecule has 4 rings (SSSR count). The van der Waals surface area contributed by atoms with Crippen LogP contribution in [0.5, 0.6) is 0 Å². The lowest BCUT2D eigenvalue weighted by molar-refractivity contribution is -0.121. The summed E-state index contributed by atoms with van der Waals surface area (Å²) >= 11 is 1.38. The Morgan fingerprint density at radius 2 is 1.69 bits per heavy atom. The van der Waals surface area contributed by atoms with Gasteiger partial charge in [0.15, 0.2) is 5.13 Å². The molecule has 1 aromatic heterocycles. The van der Waals surface area contributed by atoms with Crippen molar-refractivity contribution < 1.29 is 14.4 Å². The SMILES string of the molecule is Cc1cc(C)c2nc(NC(=O)C(C(C)C)N3C(=O)c4ccccc4C3=O)sc2c1. The van der Waals surface area contributed by atoms with E-state index in [1.54, 1.807) is 24.3 Å². The third-order valence-electron chi connectivity index (χ3n) is 5.06. The van der Waals surface area contributed by atoms with E-state index in [0.717, 1.165) is 26.2 Å². The highest BCUT2D eigenvalue weighted by molar-refractivity contribution is 7.22. The van der Waals surface area contributed by atoms with E-state index in [2.05, 4.69) is 10.3 Å². The van der Waals surface area contributed by atoms with Crippen molar-refractivity contribution in [1.29, 1.82) is 0 Å². The number of fused-ring (bicyclic) bond motifs is 2. The molecule has 0 fully saturated rings. The second-order valence-electron chi connectivity index (χ2n) is 7.65. The minimum absolute atomic E-state index is 0.254. The number of carbonyl (C=O) groups is 3. The van der Waals surface area contributed by atoms with Crippen LogP contribution in [0.4, 0.5) is 5.13 Å². The molecule has 0 bridgehead atoms. The first kappa shape index (κ1) is 19.3. The van der Waals surface area contributed by atoms with E-state index in [1.807, 2.05) is 39.8 Å². The lowest BCUT2D eigenvalue weighted by Gasteiger charge is -2.27. The molecule has 3 aromatic rings. The number of hydrogen-bond acceptors (Lipinski definition) is 5. The summed E-state index contributed by atoms with van der Waals surface area (Å²) in [6.07, 6.45) is 0. The zero-order valence-electron chi connectivity index (χ0n) is 16.6. The van der Waals surface area contributed by atoms with Gasteiger partial charge in [0.1, 0.15) is 6.04 Å². The molecule has 148 valence electrons. The fourth-order valence-electron chi connectivity index (χ4n) is 3.78. The number of benzene rings is 2. The molecule has 7 heteroatoms. The lowest BCUT2D eigenvalue weighted by Crippen LogP contribution is -2.50. The van der Waals surface area contributed by atoms with Gasteiger partial charge in [0.05, 0.1) is 21.3 Å². The molecule has 3 amide bonds. The van der Waals surface area contributed by atoms with E-state index in [1.165, 1.54) is 11.3 Å². The van der Waals surface area contributed by atoms with Gasteiger partial charge in [-0.05, 0) is 49.1 Å². The standard InChI is InChI=1S/C22H21N3O3S/c1-11(2)18(25-20(27)14-7-5-6-8-15(14)21(25)28)19(26)24-22-23-17-13(4)9-12(3)10-16(17)29-22/h5-11,18H,1-4H3,(H,23,24,26). The van der Waals surface area contributed by atoms with Crippen molar-refractivity contribution in [3.8, 4) is 0 Å². The largest absolute Gasteiger partial charge is 0.300 e. The molecule has 2 heterocycles. The van der Waals surface area contributed by atoms with Crippen LogP contribution in [0.3, 0.4) is 0 Å². The number of hydrogen-bond donors (Lipinski definition) is 1. The molecule has 1 atom stereocenters. The minimum Gasteiger partial charge on any atom is -0.300 e. The quantitative estimate of drug-likeness (QED) is 0.658. The van der Waals surface area contributed by atoms with Crippen molar-refractivity contribution in [2.75, 3.05) is 5.32 Å². The van der Waals surface area contributed by atoms with Crippen LogP contribution >= 0.6 is 11.3 Å². The maximum atomic E-state index is 13.1. The van der Waals surface area contributed by atoms with Gasteiger partial charge in [0.25, 0.3) is 11.8 Å². The average Bonchev–Trinajstić information content (AvgIpc) is 3.16. The van der Waals surface area contributed by atoms with Crippen molar-refractivity contribution in [3.63, 3.8) is 0 Å². The smallest absolute Gasteiger partial charge is 0.262 e. The van der Waals surface area contributed by atoms with Crippen molar-refractivity contribution in [2.45, 2.75) is 33.7 Å². The molecule has 1 aliphatic rings. The summed E-state index contributed by atoms with van der Waals surface area (Å²) in [7, 11) is 0. The predicted octanol–water partition coefficient (Wildman–Crippen LogP) is 4.17. The van der Waals surface area contributed by atoms with Crippen LogP contribution in [0.1, 0.15) is 45.7 Å². The summed E-state index contributed by atoms with van der Waals surface area (Å²) in [5.74, 6) is -1.54. The molecule has 1 unspecified atom stereocenters. The summed E-state index contributed by atoms with van der Waals surface area (Å²) in [4.78, 5) is 44.4. The summed E-state index contributed by atoms with van der Waals surface area (Å²) in [6, 6.07) is 9.81. The molecule has 0 aliphatic carbocycles. The highest BCUT2D eigenvalue weighted by Crippen LogP contribution is 2.31. The third kappa shape index (κ3) is 3.21. The monoisotopic (exact) mass is 407 g/mol. The summed E-state index contributed by atoms with van der Waals surface area (Å²) in [6.45, 7) is 7.64. The molecular formula is C22H21N3O3S. The molecule has 1 aliphatic heterocycles. The maximum absolute atomic E-state index is 13.1. The topological polar surface area (TPSA) is 79.4 Å². The van der Waals surface area contributed by atoms with Gasteiger partial charge in [0.2, 0.25) is 5.91 Å². The van der Waals surface area contributed by atoms with E-state index in [-0.39, 0.29) is 5.92 Å². The van der Waals surface area contributed by atoms with Gasteiger partial charge in [0, 0.05) is 0 Å². The highest BCUT2D eigenvalue weighted by atomic mass is 32.1. The number of anilines is 1. The van der Waals surface area contributed by atoms with Crippen LogP contribution in [-0.2, 0) is 4.79 Å². The first-order valence-corrected chi connectivity index (χ1v) is 10.2. The fourth-order valence-corrected chi connectivity index (χ4v) is 4.83. The van der Waals surface area contributed by atoms with E-state index in [9.17, 15) is 14.4 Å².